The molecule has 0 radical (unpaired) electrons. The van der Waals surface area contributed by atoms with E-state index in [2.05, 4.69) is 5.10 Å². The van der Waals surface area contributed by atoms with E-state index in [1.54, 1.807) is 13.2 Å². The molecule has 1 aromatic carbocycles. The zero-order valence-corrected chi connectivity index (χ0v) is 8.61. The standard InChI is InChI=1S/C11H10F2N2O/c1-15-5-8(10(6-16)14-15)7-3-2-4-9(12)11(7)13/h2-5,16H,6H2,1H3. The van der Waals surface area contributed by atoms with Gasteiger partial charge in [0, 0.05) is 24.4 Å². The predicted octanol–water partition coefficient (Wildman–Crippen LogP) is 1.86. The molecule has 2 rings (SSSR count). The molecule has 0 aliphatic heterocycles. The van der Waals surface area contributed by atoms with Gasteiger partial charge in [-0.05, 0) is 6.07 Å². The third-order valence-corrected chi connectivity index (χ3v) is 2.30. The molecule has 0 aliphatic rings. The van der Waals surface area contributed by atoms with Gasteiger partial charge in [-0.3, -0.25) is 4.68 Å². The van der Waals surface area contributed by atoms with Crippen LogP contribution < -0.4 is 0 Å². The largest absolute Gasteiger partial charge is 0.390 e. The Morgan fingerprint density at radius 1 is 1.31 bits per heavy atom. The van der Waals surface area contributed by atoms with Crippen LogP contribution >= 0.6 is 0 Å². The number of aromatic nitrogens is 2. The van der Waals surface area contributed by atoms with Gasteiger partial charge in [0.05, 0.1) is 12.3 Å². The highest BCUT2D eigenvalue weighted by Crippen LogP contribution is 2.26. The maximum Gasteiger partial charge on any atom is 0.166 e. The van der Waals surface area contributed by atoms with E-state index in [1.165, 1.54) is 16.8 Å². The summed E-state index contributed by atoms with van der Waals surface area (Å²) >= 11 is 0. The van der Waals surface area contributed by atoms with Crippen molar-refractivity contribution in [3.63, 3.8) is 0 Å². The van der Waals surface area contributed by atoms with Crippen molar-refractivity contribution < 1.29 is 13.9 Å². The maximum absolute atomic E-state index is 13.5. The highest BCUT2D eigenvalue weighted by Gasteiger charge is 2.15. The van der Waals surface area contributed by atoms with Crippen molar-refractivity contribution in [3.05, 3.63) is 41.7 Å². The molecule has 1 N–H and O–H groups in total. The van der Waals surface area contributed by atoms with E-state index in [-0.39, 0.29) is 12.2 Å². The first-order valence-electron chi connectivity index (χ1n) is 4.71. The highest BCUT2D eigenvalue weighted by molar-refractivity contribution is 5.65. The van der Waals surface area contributed by atoms with Gasteiger partial charge in [0.15, 0.2) is 11.6 Å². The van der Waals surface area contributed by atoms with Crippen LogP contribution in [0.3, 0.4) is 0 Å². The minimum absolute atomic E-state index is 0.108. The van der Waals surface area contributed by atoms with Crippen molar-refractivity contribution in [1.29, 1.82) is 0 Å². The summed E-state index contributed by atoms with van der Waals surface area (Å²) in [6, 6.07) is 3.92. The number of benzene rings is 1. The van der Waals surface area contributed by atoms with Crippen LogP contribution in [0.5, 0.6) is 0 Å². The van der Waals surface area contributed by atoms with Gasteiger partial charge >= 0.3 is 0 Å². The number of hydrogen-bond donors (Lipinski definition) is 1. The molecule has 0 amide bonds. The number of halogens is 2. The van der Waals surface area contributed by atoms with Crippen molar-refractivity contribution >= 4 is 0 Å². The van der Waals surface area contributed by atoms with Crippen LogP contribution in [0.15, 0.2) is 24.4 Å². The van der Waals surface area contributed by atoms with Gasteiger partial charge in [0.25, 0.3) is 0 Å². The van der Waals surface area contributed by atoms with Crippen molar-refractivity contribution in [2.75, 3.05) is 0 Å². The first kappa shape index (κ1) is 10.8. The Morgan fingerprint density at radius 2 is 2.06 bits per heavy atom. The fraction of sp³-hybridized carbons (Fsp3) is 0.182. The molecule has 1 aromatic heterocycles. The van der Waals surface area contributed by atoms with Crippen molar-refractivity contribution in [2.45, 2.75) is 6.61 Å². The quantitative estimate of drug-likeness (QED) is 0.845. The lowest BCUT2D eigenvalue weighted by Gasteiger charge is -2.02. The van der Waals surface area contributed by atoms with Crippen molar-refractivity contribution in [2.24, 2.45) is 7.05 Å². The maximum atomic E-state index is 13.5. The van der Waals surface area contributed by atoms with Crippen molar-refractivity contribution in [3.8, 4) is 11.1 Å². The Morgan fingerprint density at radius 3 is 2.75 bits per heavy atom. The van der Waals surface area contributed by atoms with Gasteiger partial charge in [-0.25, -0.2) is 8.78 Å². The molecule has 16 heavy (non-hydrogen) atoms. The third-order valence-electron chi connectivity index (χ3n) is 2.30. The normalized spacial score (nSPS) is 10.8. The Balaban J connectivity index is 2.62. The monoisotopic (exact) mass is 224 g/mol. The van der Waals surface area contributed by atoms with Crippen LogP contribution in [0.1, 0.15) is 5.69 Å². The predicted molar refractivity (Wildman–Crippen MR) is 54.5 cm³/mol. The van der Waals surface area contributed by atoms with E-state index < -0.39 is 11.6 Å². The molecule has 3 nitrogen and oxygen atoms in total. The Hall–Kier alpha value is -1.75. The molecule has 0 saturated carbocycles. The van der Waals surface area contributed by atoms with Gasteiger partial charge in [0.1, 0.15) is 0 Å². The van der Waals surface area contributed by atoms with E-state index >= 15 is 0 Å². The lowest BCUT2D eigenvalue weighted by molar-refractivity contribution is 0.276. The second-order valence-electron chi connectivity index (χ2n) is 3.42. The molecular weight excluding hydrogens is 214 g/mol. The van der Waals surface area contributed by atoms with Gasteiger partial charge in [-0.15, -0.1) is 0 Å². The Labute approximate surface area is 91.0 Å². The average molecular weight is 224 g/mol. The van der Waals surface area contributed by atoms with Gasteiger partial charge in [0.2, 0.25) is 0 Å². The summed E-state index contributed by atoms with van der Waals surface area (Å²) in [5.41, 5.74) is 0.839. The zero-order valence-electron chi connectivity index (χ0n) is 8.61. The number of hydrogen-bond acceptors (Lipinski definition) is 2. The molecule has 5 heteroatoms. The molecule has 0 saturated heterocycles. The number of nitrogens with zero attached hydrogens (tertiary/aromatic N) is 2. The zero-order chi connectivity index (χ0) is 11.7. The van der Waals surface area contributed by atoms with E-state index in [4.69, 9.17) is 5.11 Å². The number of aryl methyl sites for hydroxylation is 1. The fourth-order valence-electron chi connectivity index (χ4n) is 1.59. The molecular formula is C11H10F2N2O. The summed E-state index contributed by atoms with van der Waals surface area (Å²) in [5, 5.41) is 13.0. The molecule has 0 spiro atoms. The number of rotatable bonds is 2. The second-order valence-corrected chi connectivity index (χ2v) is 3.42. The number of aliphatic hydroxyl groups excluding tert-OH is 1. The van der Waals surface area contributed by atoms with E-state index in [0.717, 1.165) is 6.07 Å². The van der Waals surface area contributed by atoms with Gasteiger partial charge in [-0.1, -0.05) is 12.1 Å². The van der Waals surface area contributed by atoms with Crippen LogP contribution in [-0.4, -0.2) is 14.9 Å². The van der Waals surface area contributed by atoms with Crippen LogP contribution in [0.2, 0.25) is 0 Å². The fourth-order valence-corrected chi connectivity index (χ4v) is 1.59. The van der Waals surface area contributed by atoms with E-state index in [9.17, 15) is 8.78 Å². The molecule has 0 atom stereocenters. The van der Waals surface area contributed by atoms with Crippen LogP contribution in [0.25, 0.3) is 11.1 Å². The molecule has 0 unspecified atom stereocenters. The molecule has 1 heterocycles. The van der Waals surface area contributed by atoms with Crippen LogP contribution in [-0.2, 0) is 13.7 Å². The SMILES string of the molecule is Cn1cc(-c2cccc(F)c2F)c(CO)n1. The van der Waals surface area contributed by atoms with E-state index in [0.29, 0.717) is 11.3 Å². The topological polar surface area (TPSA) is 38.0 Å². The summed E-state index contributed by atoms with van der Waals surface area (Å²) in [6.45, 7) is -0.313. The molecule has 0 fully saturated rings. The van der Waals surface area contributed by atoms with Crippen LogP contribution in [0, 0.1) is 11.6 Å². The molecule has 2 aromatic rings. The number of aliphatic hydroxyl groups is 1. The summed E-state index contributed by atoms with van der Waals surface area (Å²) in [6.07, 6.45) is 1.55. The van der Waals surface area contributed by atoms with E-state index in [1.807, 2.05) is 0 Å². The van der Waals surface area contributed by atoms with Crippen LogP contribution in [0.4, 0.5) is 8.78 Å². The summed E-state index contributed by atoms with van der Waals surface area (Å²) in [4.78, 5) is 0. The first-order valence-corrected chi connectivity index (χ1v) is 4.71. The van der Waals surface area contributed by atoms with Crippen molar-refractivity contribution in [1.82, 2.24) is 9.78 Å². The molecule has 0 aliphatic carbocycles. The minimum atomic E-state index is -0.926. The Bertz CT molecular complexity index is 523. The smallest absolute Gasteiger partial charge is 0.166 e. The summed E-state index contributed by atoms with van der Waals surface area (Å²) < 4.78 is 28.0. The third kappa shape index (κ3) is 1.69. The Kier molecular flexibility index (Phi) is 2.70. The molecule has 84 valence electrons. The van der Waals surface area contributed by atoms with Gasteiger partial charge < -0.3 is 5.11 Å². The second kappa shape index (κ2) is 4.02. The van der Waals surface area contributed by atoms with Gasteiger partial charge in [-0.2, -0.15) is 5.10 Å². The first-order chi connectivity index (χ1) is 7.63. The highest BCUT2D eigenvalue weighted by atomic mass is 19.2. The minimum Gasteiger partial charge on any atom is -0.390 e. The lowest BCUT2D eigenvalue weighted by atomic mass is 10.1. The summed E-state index contributed by atoms with van der Waals surface area (Å²) in [5.74, 6) is -1.84. The summed E-state index contributed by atoms with van der Waals surface area (Å²) in [7, 11) is 1.65. The average Bonchev–Trinajstić information content (AvgIpc) is 2.63. The lowest BCUT2D eigenvalue weighted by Crippen LogP contribution is -1.92. The molecule has 0 bridgehead atoms.